The van der Waals surface area contributed by atoms with Gasteiger partial charge in [-0.1, -0.05) is 56.3 Å². The van der Waals surface area contributed by atoms with Crippen LogP contribution in [0, 0.1) is 5.92 Å². The van der Waals surface area contributed by atoms with Crippen molar-refractivity contribution in [1.82, 2.24) is 25.0 Å². The van der Waals surface area contributed by atoms with E-state index >= 15 is 0 Å². The van der Waals surface area contributed by atoms with Crippen molar-refractivity contribution in [3.63, 3.8) is 0 Å². The molecule has 0 aliphatic heterocycles. The highest BCUT2D eigenvalue weighted by Crippen LogP contribution is 2.47. The second-order valence-corrected chi connectivity index (χ2v) is 14.1. The fourth-order valence-electron chi connectivity index (χ4n) is 6.04. The van der Waals surface area contributed by atoms with Gasteiger partial charge in [0.1, 0.15) is 6.61 Å². The molecule has 2 aliphatic carbocycles. The number of nitrogens with one attached hydrogen (secondary N) is 4. The molecule has 0 spiro atoms. The van der Waals surface area contributed by atoms with Gasteiger partial charge >= 0.3 is 6.09 Å². The van der Waals surface area contributed by atoms with Gasteiger partial charge in [0, 0.05) is 35.1 Å². The van der Waals surface area contributed by atoms with Gasteiger partial charge in [-0.05, 0) is 66.1 Å². The average Bonchev–Trinajstić information content (AvgIpc) is 3.72. The van der Waals surface area contributed by atoms with E-state index in [0.29, 0.717) is 35.8 Å². The molecule has 7 rings (SSSR count). The van der Waals surface area contributed by atoms with Crippen LogP contribution in [-0.4, -0.2) is 36.0 Å². The molecule has 232 valence electrons. The number of aromatic nitrogens is 3. The number of hydrogen-bond acceptors (Lipinski definition) is 7. The lowest BCUT2D eigenvalue weighted by molar-refractivity contribution is 0.135. The Balaban J connectivity index is 1.30. The molecular weight excluding hydrogens is 588 g/mol. The number of carbonyl (C=O) groups excluding carboxylic acids is 1. The predicted octanol–water partition coefficient (Wildman–Crippen LogP) is 6.45. The molecule has 0 bridgehead atoms. The van der Waals surface area contributed by atoms with Crippen LogP contribution >= 0.6 is 0 Å². The number of fused-ring (bicyclic) bond motifs is 4. The van der Waals surface area contributed by atoms with Crippen LogP contribution < -0.4 is 15.4 Å². The number of para-hydroxylation sites is 2. The van der Waals surface area contributed by atoms with E-state index in [4.69, 9.17) is 14.7 Å². The number of H-pyrrole nitrogens is 1. The lowest BCUT2D eigenvalue weighted by Crippen LogP contribution is -2.29. The monoisotopic (exact) mass is 624 g/mol. The summed E-state index contributed by atoms with van der Waals surface area (Å²) in [7, 11) is -3.88. The summed E-state index contributed by atoms with van der Waals surface area (Å²) in [6, 6.07) is 20.1. The predicted molar refractivity (Wildman–Crippen MR) is 173 cm³/mol. The molecule has 1 amide bonds. The molecule has 11 heteroatoms. The minimum atomic E-state index is -3.88. The zero-order valence-corrected chi connectivity index (χ0v) is 26.0. The summed E-state index contributed by atoms with van der Waals surface area (Å²) in [5.74, 6) is 1.07. The molecule has 1 fully saturated rings. The van der Waals surface area contributed by atoms with Crippen LogP contribution in [0.5, 0.6) is 0 Å². The van der Waals surface area contributed by atoms with E-state index < -0.39 is 22.2 Å². The normalized spacial score (nSPS) is 17.9. The van der Waals surface area contributed by atoms with E-state index in [2.05, 4.69) is 20.3 Å². The van der Waals surface area contributed by atoms with Gasteiger partial charge in [0.05, 0.1) is 28.0 Å². The molecule has 4 N–H and O–H groups in total. The number of alkyl carbamates (subject to hydrolysis) is 1. The zero-order valence-electron chi connectivity index (χ0n) is 25.2. The summed E-state index contributed by atoms with van der Waals surface area (Å²) in [4.78, 5) is 26.1. The number of anilines is 1. The van der Waals surface area contributed by atoms with Crippen molar-refractivity contribution in [2.24, 2.45) is 5.92 Å². The minimum absolute atomic E-state index is 0.122. The van der Waals surface area contributed by atoms with E-state index in [-0.39, 0.29) is 23.5 Å². The van der Waals surface area contributed by atoms with E-state index in [9.17, 15) is 13.2 Å². The molecule has 0 saturated heterocycles. The number of pyridine rings is 1. The lowest BCUT2D eigenvalue weighted by Gasteiger charge is -2.19. The highest BCUT2D eigenvalue weighted by Gasteiger charge is 2.37. The number of hydrogen-bond donors (Lipinski definition) is 4. The molecule has 2 heterocycles. The smallest absolute Gasteiger partial charge is 0.407 e. The molecule has 1 saturated carbocycles. The van der Waals surface area contributed by atoms with Crippen molar-refractivity contribution < 1.29 is 17.9 Å². The SMILES string of the molecule is CC(C)CNS(=O)(=O)c1cc2c(c3cnc(C4CC4)cc13)[C@H](Nc1nc3ccccc3[nH]1)C[C@H]2NC(=O)OCc1ccccc1. The molecule has 2 aliphatic rings. The minimum Gasteiger partial charge on any atom is -0.445 e. The third kappa shape index (κ3) is 6.10. The number of carbonyl (C=O) groups is 1. The number of benzene rings is 3. The standard InChI is InChI=1S/C34H36N6O4S/c1-20(2)17-36-45(42,43)31-15-24-29(40-34(41)44-19-21-8-4-3-5-9-21)16-30(39-33-37-26-10-6-7-11-27(26)38-33)32(24)25-18-35-28(14-23(25)31)22-12-13-22/h3-11,14-15,18,20,22,29-30,36H,12-13,16-17,19H2,1-2H3,(H,40,41)(H2,37,38,39)/t29-,30-/m1/s1. The first-order valence-corrected chi connectivity index (χ1v) is 16.9. The molecule has 2 aromatic heterocycles. The lowest BCUT2D eigenvalue weighted by atomic mass is 9.98. The van der Waals surface area contributed by atoms with Crippen molar-refractivity contribution in [3.8, 4) is 0 Å². The quantitative estimate of drug-likeness (QED) is 0.140. The van der Waals surface area contributed by atoms with Crippen LogP contribution in [0.3, 0.4) is 0 Å². The van der Waals surface area contributed by atoms with E-state index in [1.165, 1.54) is 0 Å². The maximum Gasteiger partial charge on any atom is 0.407 e. The third-order valence-corrected chi connectivity index (χ3v) is 9.91. The van der Waals surface area contributed by atoms with E-state index in [0.717, 1.165) is 46.1 Å². The Kier molecular flexibility index (Phi) is 7.66. The number of imidazole rings is 1. The van der Waals surface area contributed by atoms with E-state index in [1.807, 2.05) is 74.5 Å². The van der Waals surface area contributed by atoms with Crippen LogP contribution in [-0.2, 0) is 21.4 Å². The number of sulfonamides is 1. The molecule has 3 aromatic carbocycles. The maximum atomic E-state index is 13.8. The van der Waals surface area contributed by atoms with Crippen molar-refractivity contribution in [2.75, 3.05) is 11.9 Å². The molecule has 45 heavy (non-hydrogen) atoms. The van der Waals surface area contributed by atoms with Gasteiger partial charge in [0.2, 0.25) is 16.0 Å². The summed E-state index contributed by atoms with van der Waals surface area (Å²) in [5, 5.41) is 7.91. The van der Waals surface area contributed by atoms with Gasteiger partial charge in [0.15, 0.2) is 0 Å². The molecule has 0 unspecified atom stereocenters. The second kappa shape index (κ2) is 11.8. The summed E-state index contributed by atoms with van der Waals surface area (Å²) in [6.07, 6.45) is 3.76. The Labute approximate surface area is 262 Å². The van der Waals surface area contributed by atoms with Crippen LogP contribution in [0.4, 0.5) is 10.7 Å². The fraction of sp³-hybridized carbons (Fsp3) is 0.324. The summed E-state index contributed by atoms with van der Waals surface area (Å²) >= 11 is 0. The molecular formula is C34H36N6O4S. The molecule has 0 radical (unpaired) electrons. The Bertz CT molecular complexity index is 1960. The van der Waals surface area contributed by atoms with Crippen LogP contribution in [0.2, 0.25) is 0 Å². The van der Waals surface area contributed by atoms with Crippen molar-refractivity contribution >= 4 is 43.9 Å². The Hall–Kier alpha value is -4.48. The summed E-state index contributed by atoms with van der Waals surface area (Å²) in [5.41, 5.74) is 5.10. The summed E-state index contributed by atoms with van der Waals surface area (Å²) < 4.78 is 36.0. The summed E-state index contributed by atoms with van der Waals surface area (Å²) in [6.45, 7) is 4.37. The van der Waals surface area contributed by atoms with Crippen molar-refractivity contribution in [1.29, 1.82) is 0 Å². The maximum absolute atomic E-state index is 13.8. The van der Waals surface area contributed by atoms with Gasteiger partial charge in [-0.3, -0.25) is 4.98 Å². The Morgan fingerprint density at radius 3 is 2.56 bits per heavy atom. The first kappa shape index (κ1) is 29.2. The largest absolute Gasteiger partial charge is 0.445 e. The molecule has 2 atom stereocenters. The van der Waals surface area contributed by atoms with Gasteiger partial charge in [0.25, 0.3) is 0 Å². The second-order valence-electron chi connectivity index (χ2n) is 12.3. The number of rotatable bonds is 10. The Morgan fingerprint density at radius 2 is 1.80 bits per heavy atom. The van der Waals surface area contributed by atoms with Gasteiger partial charge in [-0.25, -0.2) is 22.9 Å². The number of amides is 1. The topological polar surface area (TPSA) is 138 Å². The molecule has 5 aromatic rings. The van der Waals surface area contributed by atoms with Crippen LogP contribution in [0.1, 0.15) is 73.5 Å². The third-order valence-electron chi connectivity index (χ3n) is 8.45. The number of ether oxygens (including phenoxy) is 1. The van der Waals surface area contributed by atoms with E-state index in [1.54, 1.807) is 12.3 Å². The number of nitrogens with zero attached hydrogens (tertiary/aromatic N) is 2. The van der Waals surface area contributed by atoms with Gasteiger partial charge in [-0.15, -0.1) is 0 Å². The number of aromatic amines is 1. The fourth-order valence-corrected chi connectivity index (χ4v) is 7.49. The first-order chi connectivity index (χ1) is 21.7. The Morgan fingerprint density at radius 1 is 1.02 bits per heavy atom. The highest BCUT2D eigenvalue weighted by atomic mass is 32.2. The van der Waals surface area contributed by atoms with Gasteiger partial charge < -0.3 is 20.4 Å². The average molecular weight is 625 g/mol. The van der Waals surface area contributed by atoms with Crippen LogP contribution in [0.25, 0.3) is 21.8 Å². The van der Waals surface area contributed by atoms with Gasteiger partial charge in [-0.2, -0.15) is 0 Å². The van der Waals surface area contributed by atoms with Crippen molar-refractivity contribution in [2.45, 2.75) is 62.6 Å². The highest BCUT2D eigenvalue weighted by molar-refractivity contribution is 7.89. The zero-order chi connectivity index (χ0) is 31.1. The molecule has 10 nitrogen and oxygen atoms in total. The first-order valence-electron chi connectivity index (χ1n) is 15.4. The van der Waals surface area contributed by atoms with Crippen molar-refractivity contribution in [3.05, 3.63) is 95.3 Å². The van der Waals surface area contributed by atoms with Crippen LogP contribution in [0.15, 0.2) is 77.8 Å².